The van der Waals surface area contributed by atoms with Gasteiger partial charge in [0.1, 0.15) is 0 Å². The van der Waals surface area contributed by atoms with Crippen molar-refractivity contribution in [2.75, 3.05) is 13.2 Å². The summed E-state index contributed by atoms with van der Waals surface area (Å²) in [5.74, 6) is 0.120. The summed E-state index contributed by atoms with van der Waals surface area (Å²) in [6.45, 7) is 6.33. The maximum atomic E-state index is 12.4. The number of nitrogens with one attached hydrogen (secondary N) is 1. The van der Waals surface area contributed by atoms with Crippen molar-refractivity contribution in [3.63, 3.8) is 0 Å². The minimum Gasteiger partial charge on any atom is -0.396 e. The van der Waals surface area contributed by atoms with Gasteiger partial charge in [0.05, 0.1) is 16.6 Å². The highest BCUT2D eigenvalue weighted by atomic mass is 16.5. The fourth-order valence-corrected chi connectivity index (χ4v) is 2.36. The number of aromatic nitrogens is 2. The molecule has 0 bridgehead atoms. The molecule has 0 aliphatic carbocycles. The number of pyridine rings is 1. The van der Waals surface area contributed by atoms with Crippen molar-refractivity contribution in [1.29, 1.82) is 0 Å². The fourth-order valence-electron chi connectivity index (χ4n) is 2.36. The predicted octanol–water partition coefficient (Wildman–Crippen LogP) is 1.98. The molecule has 6 heteroatoms. The number of carbonyl (C=O) groups excluding carboxylic acids is 1. The minimum atomic E-state index is -0.159. The first-order valence-corrected chi connectivity index (χ1v) is 7.19. The van der Waals surface area contributed by atoms with E-state index in [9.17, 15) is 4.79 Å². The maximum Gasteiger partial charge on any atom is 0.258 e. The first kappa shape index (κ1) is 15.4. The van der Waals surface area contributed by atoms with Gasteiger partial charge in [0.25, 0.3) is 11.6 Å². The molecule has 2 rings (SSSR count). The predicted molar refractivity (Wildman–Crippen MR) is 79.1 cm³/mol. The second-order valence-corrected chi connectivity index (χ2v) is 5.26. The second-order valence-electron chi connectivity index (χ2n) is 5.26. The molecule has 1 amide bonds. The lowest BCUT2D eigenvalue weighted by molar-refractivity contribution is 0.0945. The van der Waals surface area contributed by atoms with Gasteiger partial charge in [-0.05, 0) is 32.3 Å². The summed E-state index contributed by atoms with van der Waals surface area (Å²) in [6, 6.07) is 1.74. The van der Waals surface area contributed by atoms with E-state index in [0.29, 0.717) is 41.0 Å². The molecule has 114 valence electrons. The van der Waals surface area contributed by atoms with Crippen LogP contribution in [0.15, 0.2) is 10.6 Å². The van der Waals surface area contributed by atoms with E-state index < -0.39 is 0 Å². The molecule has 0 aliphatic heterocycles. The monoisotopic (exact) mass is 291 g/mol. The highest BCUT2D eigenvalue weighted by Gasteiger charge is 2.18. The third-order valence-electron chi connectivity index (χ3n) is 3.66. The molecular weight excluding hydrogens is 270 g/mol. The Hall–Kier alpha value is -1.95. The Kier molecular flexibility index (Phi) is 4.90. The Labute approximate surface area is 123 Å². The molecule has 0 saturated carbocycles. The molecule has 2 aromatic rings. The first-order chi connectivity index (χ1) is 10.1. The quantitative estimate of drug-likeness (QED) is 0.849. The number of aliphatic hydroxyl groups excluding tert-OH is 1. The van der Waals surface area contributed by atoms with E-state index in [1.807, 2.05) is 13.8 Å². The number of aliphatic hydroxyl groups is 1. The van der Waals surface area contributed by atoms with Gasteiger partial charge in [-0.2, -0.15) is 0 Å². The topological polar surface area (TPSA) is 88.2 Å². The van der Waals surface area contributed by atoms with Crippen LogP contribution in [-0.2, 0) is 0 Å². The van der Waals surface area contributed by atoms with Crippen molar-refractivity contribution in [2.24, 2.45) is 5.92 Å². The van der Waals surface area contributed by atoms with Gasteiger partial charge in [0.2, 0.25) is 0 Å². The number of aryl methyl sites for hydroxylation is 2. The van der Waals surface area contributed by atoms with Crippen molar-refractivity contribution >= 4 is 17.0 Å². The number of amides is 1. The van der Waals surface area contributed by atoms with E-state index in [1.54, 1.807) is 13.0 Å². The number of hydrogen-bond acceptors (Lipinski definition) is 5. The first-order valence-electron chi connectivity index (χ1n) is 7.19. The van der Waals surface area contributed by atoms with Crippen LogP contribution in [0.4, 0.5) is 0 Å². The van der Waals surface area contributed by atoms with Crippen LogP contribution >= 0.6 is 0 Å². The standard InChI is InChI=1S/C15H21N3O3/c1-4-11(5-6-19)8-16-14(20)12-7-9(2)17-15-13(12)10(3)18-21-15/h7,11,19H,4-6,8H2,1-3H3,(H,16,20). The molecule has 0 aliphatic rings. The van der Waals surface area contributed by atoms with Gasteiger partial charge in [0, 0.05) is 18.8 Å². The summed E-state index contributed by atoms with van der Waals surface area (Å²) in [6.07, 6.45) is 1.60. The lowest BCUT2D eigenvalue weighted by Crippen LogP contribution is -2.29. The van der Waals surface area contributed by atoms with E-state index in [0.717, 1.165) is 6.42 Å². The summed E-state index contributed by atoms with van der Waals surface area (Å²) in [7, 11) is 0. The lowest BCUT2D eigenvalue weighted by Gasteiger charge is -2.14. The third-order valence-corrected chi connectivity index (χ3v) is 3.66. The van der Waals surface area contributed by atoms with Crippen LogP contribution in [0.25, 0.3) is 11.1 Å². The molecule has 0 radical (unpaired) electrons. The van der Waals surface area contributed by atoms with E-state index in [1.165, 1.54) is 0 Å². The number of hydrogen-bond donors (Lipinski definition) is 2. The average Bonchev–Trinajstić information content (AvgIpc) is 2.83. The van der Waals surface area contributed by atoms with E-state index in [-0.39, 0.29) is 18.4 Å². The smallest absolute Gasteiger partial charge is 0.258 e. The molecule has 2 heterocycles. The zero-order chi connectivity index (χ0) is 15.4. The summed E-state index contributed by atoms with van der Waals surface area (Å²) in [5, 5.41) is 16.4. The molecule has 6 nitrogen and oxygen atoms in total. The Morgan fingerprint density at radius 3 is 2.90 bits per heavy atom. The van der Waals surface area contributed by atoms with Gasteiger partial charge in [-0.25, -0.2) is 4.98 Å². The zero-order valence-corrected chi connectivity index (χ0v) is 12.6. The lowest BCUT2D eigenvalue weighted by atomic mass is 10.0. The van der Waals surface area contributed by atoms with E-state index in [4.69, 9.17) is 9.63 Å². The Morgan fingerprint density at radius 1 is 1.48 bits per heavy atom. The van der Waals surface area contributed by atoms with E-state index >= 15 is 0 Å². The van der Waals surface area contributed by atoms with Crippen molar-refractivity contribution in [2.45, 2.75) is 33.6 Å². The van der Waals surface area contributed by atoms with Gasteiger partial charge in [-0.1, -0.05) is 18.5 Å². The Morgan fingerprint density at radius 2 is 2.24 bits per heavy atom. The van der Waals surface area contributed by atoms with Gasteiger partial charge in [-0.15, -0.1) is 0 Å². The molecule has 1 atom stereocenters. The average molecular weight is 291 g/mol. The van der Waals surface area contributed by atoms with Crippen molar-refractivity contribution < 1.29 is 14.4 Å². The SMILES string of the molecule is CCC(CCO)CNC(=O)c1cc(C)nc2onc(C)c12. The van der Waals surface area contributed by atoms with Crippen molar-refractivity contribution in [3.8, 4) is 0 Å². The van der Waals surface area contributed by atoms with Crippen LogP contribution in [0.3, 0.4) is 0 Å². The molecule has 0 spiro atoms. The number of nitrogens with zero attached hydrogens (tertiary/aromatic N) is 2. The second kappa shape index (κ2) is 6.67. The third kappa shape index (κ3) is 3.39. The van der Waals surface area contributed by atoms with Crippen LogP contribution in [-0.4, -0.2) is 34.3 Å². The van der Waals surface area contributed by atoms with Gasteiger partial charge >= 0.3 is 0 Å². The number of carbonyl (C=O) groups is 1. The van der Waals surface area contributed by atoms with Crippen LogP contribution in [0.1, 0.15) is 41.5 Å². The summed E-state index contributed by atoms with van der Waals surface area (Å²) < 4.78 is 5.13. The molecule has 1 unspecified atom stereocenters. The zero-order valence-electron chi connectivity index (χ0n) is 12.6. The largest absolute Gasteiger partial charge is 0.396 e. The van der Waals surface area contributed by atoms with Gasteiger partial charge in [-0.3, -0.25) is 4.79 Å². The normalized spacial score (nSPS) is 12.6. The summed E-state index contributed by atoms with van der Waals surface area (Å²) in [5.41, 5.74) is 2.30. The van der Waals surface area contributed by atoms with Crippen LogP contribution in [0, 0.1) is 19.8 Å². The number of rotatable bonds is 6. The summed E-state index contributed by atoms with van der Waals surface area (Å²) in [4.78, 5) is 16.7. The van der Waals surface area contributed by atoms with E-state index in [2.05, 4.69) is 15.5 Å². The van der Waals surface area contributed by atoms with Crippen molar-refractivity contribution in [3.05, 3.63) is 23.0 Å². The molecule has 21 heavy (non-hydrogen) atoms. The fraction of sp³-hybridized carbons (Fsp3) is 0.533. The molecule has 2 aromatic heterocycles. The number of fused-ring (bicyclic) bond motifs is 1. The van der Waals surface area contributed by atoms with Gasteiger partial charge in [0.15, 0.2) is 0 Å². The Balaban J connectivity index is 2.21. The van der Waals surface area contributed by atoms with Crippen molar-refractivity contribution in [1.82, 2.24) is 15.5 Å². The van der Waals surface area contributed by atoms with Crippen LogP contribution in [0.5, 0.6) is 0 Å². The van der Waals surface area contributed by atoms with Crippen LogP contribution in [0.2, 0.25) is 0 Å². The molecule has 0 aromatic carbocycles. The maximum absolute atomic E-state index is 12.4. The highest BCUT2D eigenvalue weighted by molar-refractivity contribution is 6.06. The summed E-state index contributed by atoms with van der Waals surface area (Å²) >= 11 is 0. The molecule has 2 N–H and O–H groups in total. The van der Waals surface area contributed by atoms with Crippen LogP contribution < -0.4 is 5.32 Å². The van der Waals surface area contributed by atoms with Gasteiger partial charge < -0.3 is 14.9 Å². The molecular formula is C15H21N3O3. The highest BCUT2D eigenvalue weighted by Crippen LogP contribution is 2.21. The molecule has 0 fully saturated rings. The minimum absolute atomic E-state index is 0.137. The molecule has 0 saturated heterocycles. The Bertz CT molecular complexity index is 636.